The van der Waals surface area contributed by atoms with Gasteiger partial charge in [0.2, 0.25) is 11.9 Å². The molecule has 1 amide bonds. The highest BCUT2D eigenvalue weighted by Crippen LogP contribution is 2.38. The summed E-state index contributed by atoms with van der Waals surface area (Å²) in [4.78, 5) is 27.0. The largest absolute Gasteiger partial charge is 0.341 e. The third kappa shape index (κ3) is 3.61. The summed E-state index contributed by atoms with van der Waals surface area (Å²) in [5.41, 5.74) is 2.89. The first-order chi connectivity index (χ1) is 14.7. The van der Waals surface area contributed by atoms with Crippen LogP contribution >= 0.6 is 0 Å². The normalized spacial score (nSPS) is 24.0. The van der Waals surface area contributed by atoms with Gasteiger partial charge in [-0.05, 0) is 51.0 Å². The van der Waals surface area contributed by atoms with Gasteiger partial charge in [-0.1, -0.05) is 12.2 Å². The van der Waals surface area contributed by atoms with Crippen molar-refractivity contribution in [1.29, 1.82) is 0 Å². The van der Waals surface area contributed by atoms with Gasteiger partial charge in [0, 0.05) is 50.6 Å². The van der Waals surface area contributed by atoms with Crippen LogP contribution in [0.25, 0.3) is 11.3 Å². The number of likely N-dealkylation sites (tertiary alicyclic amines) is 1. The molecular formula is C23H30N6O. The number of carbonyl (C=O) groups is 1. The van der Waals surface area contributed by atoms with E-state index in [0.717, 1.165) is 74.6 Å². The highest BCUT2D eigenvalue weighted by Gasteiger charge is 2.36. The number of nitrogens with zero attached hydrogens (tertiary/aromatic N) is 6. The van der Waals surface area contributed by atoms with E-state index < -0.39 is 0 Å². The summed E-state index contributed by atoms with van der Waals surface area (Å²) in [6.07, 6.45) is 15.4. The van der Waals surface area contributed by atoms with Gasteiger partial charge in [-0.3, -0.25) is 9.48 Å². The number of carbonyl (C=O) groups excluding carboxylic acids is 1. The predicted molar refractivity (Wildman–Crippen MR) is 116 cm³/mol. The number of anilines is 1. The number of hydrogen-bond donors (Lipinski definition) is 0. The summed E-state index contributed by atoms with van der Waals surface area (Å²) in [5.74, 6) is 1.20. The molecule has 2 fully saturated rings. The topological polar surface area (TPSA) is 67.2 Å². The quantitative estimate of drug-likeness (QED) is 0.727. The zero-order valence-electron chi connectivity index (χ0n) is 17.7. The summed E-state index contributed by atoms with van der Waals surface area (Å²) in [5, 5.41) is 4.81. The zero-order valence-corrected chi connectivity index (χ0v) is 17.7. The van der Waals surface area contributed by atoms with Gasteiger partial charge in [-0.2, -0.15) is 5.10 Å². The second-order valence-corrected chi connectivity index (χ2v) is 8.71. The Hall–Kier alpha value is -2.70. The Balaban J connectivity index is 1.45. The van der Waals surface area contributed by atoms with Crippen LogP contribution in [-0.4, -0.2) is 50.2 Å². The molecule has 158 valence electrons. The molecule has 3 aliphatic rings. The molecule has 7 heteroatoms. The van der Waals surface area contributed by atoms with Crippen molar-refractivity contribution in [2.45, 2.75) is 51.0 Å². The van der Waals surface area contributed by atoms with Gasteiger partial charge in [0.25, 0.3) is 0 Å². The molecule has 2 atom stereocenters. The van der Waals surface area contributed by atoms with Gasteiger partial charge in [-0.25, -0.2) is 9.97 Å². The number of hydrogen-bond acceptors (Lipinski definition) is 5. The number of aryl methyl sites for hydroxylation is 1. The van der Waals surface area contributed by atoms with Crippen molar-refractivity contribution in [2.24, 2.45) is 13.0 Å². The van der Waals surface area contributed by atoms with Crippen molar-refractivity contribution in [1.82, 2.24) is 24.6 Å². The molecule has 0 spiro atoms. The Morgan fingerprint density at radius 3 is 2.77 bits per heavy atom. The van der Waals surface area contributed by atoms with Crippen LogP contribution in [0.2, 0.25) is 0 Å². The summed E-state index contributed by atoms with van der Waals surface area (Å²) in [6.45, 7) is 2.86. The highest BCUT2D eigenvalue weighted by atomic mass is 16.2. The molecule has 0 saturated carbocycles. The van der Waals surface area contributed by atoms with E-state index in [0.29, 0.717) is 5.91 Å². The molecule has 7 nitrogen and oxygen atoms in total. The van der Waals surface area contributed by atoms with E-state index in [-0.39, 0.29) is 12.0 Å². The van der Waals surface area contributed by atoms with E-state index in [1.54, 1.807) is 0 Å². The summed E-state index contributed by atoms with van der Waals surface area (Å²) >= 11 is 0. The predicted octanol–water partition coefficient (Wildman–Crippen LogP) is 3.50. The smallest absolute Gasteiger partial charge is 0.226 e. The number of rotatable bonds is 4. The minimum Gasteiger partial charge on any atom is -0.341 e. The van der Waals surface area contributed by atoms with Crippen LogP contribution in [-0.2, 0) is 11.8 Å². The monoisotopic (exact) mass is 406 g/mol. The summed E-state index contributed by atoms with van der Waals surface area (Å²) < 4.78 is 1.85. The molecule has 0 aromatic carbocycles. The maximum absolute atomic E-state index is 13.3. The third-order valence-electron chi connectivity index (χ3n) is 6.63. The summed E-state index contributed by atoms with van der Waals surface area (Å²) in [6, 6.07) is 2.00. The van der Waals surface area contributed by atoms with Crippen molar-refractivity contribution in [3.8, 4) is 11.3 Å². The second-order valence-electron chi connectivity index (χ2n) is 8.71. The fourth-order valence-electron chi connectivity index (χ4n) is 5.08. The maximum Gasteiger partial charge on any atom is 0.226 e. The van der Waals surface area contributed by atoms with Gasteiger partial charge >= 0.3 is 0 Å². The van der Waals surface area contributed by atoms with Crippen molar-refractivity contribution in [3.63, 3.8) is 0 Å². The van der Waals surface area contributed by atoms with Crippen LogP contribution in [0.5, 0.6) is 0 Å². The van der Waals surface area contributed by atoms with Gasteiger partial charge in [-0.15, -0.1) is 0 Å². The third-order valence-corrected chi connectivity index (χ3v) is 6.63. The molecule has 2 saturated heterocycles. The van der Waals surface area contributed by atoms with Gasteiger partial charge in [0.15, 0.2) is 0 Å². The molecular weight excluding hydrogens is 376 g/mol. The lowest BCUT2D eigenvalue weighted by Crippen LogP contribution is -2.36. The fraction of sp³-hybridized carbons (Fsp3) is 0.565. The van der Waals surface area contributed by atoms with E-state index in [4.69, 9.17) is 10.1 Å². The minimum absolute atomic E-state index is 0.0322. The van der Waals surface area contributed by atoms with E-state index in [2.05, 4.69) is 26.9 Å². The molecule has 2 aromatic heterocycles. The molecule has 2 aromatic rings. The Bertz CT molecular complexity index is 945. The molecule has 0 bridgehead atoms. The van der Waals surface area contributed by atoms with E-state index >= 15 is 0 Å². The first kappa shape index (κ1) is 19.3. The second kappa shape index (κ2) is 8.20. The van der Waals surface area contributed by atoms with Crippen molar-refractivity contribution in [3.05, 3.63) is 36.3 Å². The van der Waals surface area contributed by atoms with Crippen LogP contribution in [0.4, 0.5) is 5.95 Å². The Kier molecular flexibility index (Phi) is 5.27. The minimum atomic E-state index is 0.0322. The molecule has 0 unspecified atom stereocenters. The van der Waals surface area contributed by atoms with Crippen molar-refractivity contribution in [2.75, 3.05) is 24.5 Å². The van der Waals surface area contributed by atoms with E-state index in [1.165, 1.54) is 12.8 Å². The maximum atomic E-state index is 13.3. The SMILES string of the molecule is Cn1cc(-c2ccnc(N3CCCC3)n2)c([C@@H]2CCCN2C(=O)[C@@H]2CC=CCC2)n1. The van der Waals surface area contributed by atoms with Crippen molar-refractivity contribution < 1.29 is 4.79 Å². The molecule has 0 radical (unpaired) electrons. The van der Waals surface area contributed by atoms with Crippen LogP contribution in [0.1, 0.15) is 56.7 Å². The molecule has 30 heavy (non-hydrogen) atoms. The number of aromatic nitrogens is 4. The molecule has 4 heterocycles. The zero-order chi connectivity index (χ0) is 20.5. The molecule has 2 aliphatic heterocycles. The lowest BCUT2D eigenvalue weighted by atomic mass is 9.92. The molecule has 0 N–H and O–H groups in total. The van der Waals surface area contributed by atoms with E-state index in [1.807, 2.05) is 30.2 Å². The molecule has 1 aliphatic carbocycles. The Morgan fingerprint density at radius 2 is 1.97 bits per heavy atom. The first-order valence-corrected chi connectivity index (χ1v) is 11.3. The average Bonchev–Trinajstić information content (AvgIpc) is 3.54. The highest BCUT2D eigenvalue weighted by molar-refractivity contribution is 5.80. The average molecular weight is 407 g/mol. The Morgan fingerprint density at radius 1 is 1.10 bits per heavy atom. The lowest BCUT2D eigenvalue weighted by Gasteiger charge is -2.29. The van der Waals surface area contributed by atoms with Gasteiger partial charge in [0.05, 0.1) is 17.4 Å². The van der Waals surface area contributed by atoms with Gasteiger partial charge < -0.3 is 9.80 Å². The standard InChI is InChI=1S/C23H30N6O/c1-27-16-18(19-11-12-24-23(25-19)28-13-5-6-14-28)21(26-27)20-10-7-15-29(20)22(30)17-8-3-2-4-9-17/h2-3,11-12,16-17,20H,4-10,13-15H2,1H3/t17-,20+/m1/s1. The Labute approximate surface area is 177 Å². The van der Waals surface area contributed by atoms with Crippen LogP contribution in [0.3, 0.4) is 0 Å². The summed E-state index contributed by atoms with van der Waals surface area (Å²) in [7, 11) is 1.95. The lowest BCUT2D eigenvalue weighted by molar-refractivity contribution is -0.136. The van der Waals surface area contributed by atoms with Crippen LogP contribution in [0, 0.1) is 5.92 Å². The fourth-order valence-corrected chi connectivity index (χ4v) is 5.08. The van der Waals surface area contributed by atoms with E-state index in [9.17, 15) is 4.79 Å². The molecule has 5 rings (SSSR count). The van der Waals surface area contributed by atoms with Crippen LogP contribution < -0.4 is 4.90 Å². The van der Waals surface area contributed by atoms with Gasteiger partial charge in [0.1, 0.15) is 0 Å². The van der Waals surface area contributed by atoms with Crippen LogP contribution in [0.15, 0.2) is 30.6 Å². The number of allylic oxidation sites excluding steroid dienone is 2. The van der Waals surface area contributed by atoms with Crippen molar-refractivity contribution >= 4 is 11.9 Å². The number of amides is 1. The first-order valence-electron chi connectivity index (χ1n) is 11.3.